The maximum atomic E-state index is 9.01. The molecule has 0 aromatic carbocycles. The van der Waals surface area contributed by atoms with Crippen LogP contribution in [-0.4, -0.2) is 11.7 Å². The molecule has 1 rings (SSSR count). The van der Waals surface area contributed by atoms with Crippen molar-refractivity contribution in [3.63, 3.8) is 0 Å². The van der Waals surface area contributed by atoms with E-state index in [1.165, 1.54) is 44.9 Å². The van der Waals surface area contributed by atoms with Gasteiger partial charge in [-0.25, -0.2) is 0 Å². The topological polar surface area (TPSA) is 20.2 Å². The molecule has 0 spiro atoms. The van der Waals surface area contributed by atoms with Crippen LogP contribution in [0, 0.1) is 5.41 Å². The molecule has 0 amide bonds. The normalized spacial score (nSPS) is 15.6. The predicted molar refractivity (Wildman–Crippen MR) is 70.2 cm³/mol. The summed E-state index contributed by atoms with van der Waals surface area (Å²) in [6.45, 7) is 10.7. The molecular formula is C14H32O. The molecule has 0 saturated heterocycles. The van der Waals surface area contributed by atoms with Gasteiger partial charge in [0.1, 0.15) is 0 Å². The van der Waals surface area contributed by atoms with Crippen LogP contribution in [0.15, 0.2) is 0 Å². The van der Waals surface area contributed by atoms with Crippen LogP contribution >= 0.6 is 0 Å². The molecule has 94 valence electrons. The van der Waals surface area contributed by atoms with Crippen molar-refractivity contribution in [2.24, 2.45) is 5.41 Å². The van der Waals surface area contributed by atoms with Gasteiger partial charge < -0.3 is 5.11 Å². The van der Waals surface area contributed by atoms with Gasteiger partial charge >= 0.3 is 0 Å². The van der Waals surface area contributed by atoms with Crippen molar-refractivity contribution in [2.75, 3.05) is 6.61 Å². The molecule has 0 aromatic rings. The van der Waals surface area contributed by atoms with Crippen molar-refractivity contribution < 1.29 is 5.11 Å². The van der Waals surface area contributed by atoms with Gasteiger partial charge in [-0.1, -0.05) is 60.3 Å². The van der Waals surface area contributed by atoms with E-state index in [0.29, 0.717) is 12.0 Å². The van der Waals surface area contributed by atoms with Crippen LogP contribution < -0.4 is 0 Å². The number of unbranched alkanes of at least 4 members (excludes halogenated alkanes) is 3. The van der Waals surface area contributed by atoms with Gasteiger partial charge in [-0.05, 0) is 24.7 Å². The second kappa shape index (κ2) is 12.0. The average molecular weight is 216 g/mol. The van der Waals surface area contributed by atoms with E-state index >= 15 is 0 Å². The van der Waals surface area contributed by atoms with Crippen LogP contribution in [0.2, 0.25) is 0 Å². The Morgan fingerprint density at radius 3 is 1.80 bits per heavy atom. The van der Waals surface area contributed by atoms with Gasteiger partial charge in [-0.15, -0.1) is 0 Å². The summed E-state index contributed by atoms with van der Waals surface area (Å²) in [7, 11) is 0. The molecule has 0 atom stereocenters. The number of aliphatic hydroxyl groups excluding tert-OH is 1. The lowest BCUT2D eigenvalue weighted by atomic mass is 9.99. The lowest BCUT2D eigenvalue weighted by Gasteiger charge is -2.09. The fourth-order valence-corrected chi connectivity index (χ4v) is 1.59. The Bertz CT molecular complexity index is 106. The summed E-state index contributed by atoms with van der Waals surface area (Å²) in [6, 6.07) is 0. The Kier molecular flexibility index (Phi) is 13.9. The molecule has 1 fully saturated rings. The first-order valence-corrected chi connectivity index (χ1v) is 6.94. The molecule has 1 saturated carbocycles. The fraction of sp³-hybridized carbons (Fsp3) is 1.00. The third-order valence-corrected chi connectivity index (χ3v) is 2.85. The van der Waals surface area contributed by atoms with Crippen LogP contribution in [0.25, 0.3) is 0 Å². The third kappa shape index (κ3) is 8.92. The summed E-state index contributed by atoms with van der Waals surface area (Å²) < 4.78 is 0. The van der Waals surface area contributed by atoms with E-state index in [-0.39, 0.29) is 0 Å². The molecule has 1 aliphatic rings. The van der Waals surface area contributed by atoms with Crippen LogP contribution in [0.4, 0.5) is 0 Å². The van der Waals surface area contributed by atoms with Gasteiger partial charge in [0.15, 0.2) is 0 Å². The largest absolute Gasteiger partial charge is 0.396 e. The van der Waals surface area contributed by atoms with Crippen molar-refractivity contribution in [3.8, 4) is 0 Å². The lowest BCUT2D eigenvalue weighted by Crippen LogP contribution is -2.05. The Hall–Kier alpha value is -0.0400. The minimum atomic E-state index is 0.397. The Morgan fingerprint density at radius 2 is 1.47 bits per heavy atom. The quantitative estimate of drug-likeness (QED) is 0.633. The van der Waals surface area contributed by atoms with Gasteiger partial charge in [0.2, 0.25) is 0 Å². The van der Waals surface area contributed by atoms with E-state index in [4.69, 9.17) is 5.11 Å². The molecule has 1 nitrogen and oxygen atoms in total. The summed E-state index contributed by atoms with van der Waals surface area (Å²) in [5, 5.41) is 9.01. The second-order valence-electron chi connectivity index (χ2n) is 3.97. The lowest BCUT2D eigenvalue weighted by molar-refractivity contribution is 0.200. The summed E-state index contributed by atoms with van der Waals surface area (Å²) >= 11 is 0. The van der Waals surface area contributed by atoms with Gasteiger partial charge in [-0.2, -0.15) is 0 Å². The Balaban J connectivity index is 0. The summed E-state index contributed by atoms with van der Waals surface area (Å²) in [5.41, 5.74) is 0.397. The van der Waals surface area contributed by atoms with Gasteiger partial charge in [-0.3, -0.25) is 0 Å². The predicted octanol–water partition coefficient (Wildman–Crippen LogP) is 4.78. The molecule has 1 N–H and O–H groups in total. The zero-order valence-corrected chi connectivity index (χ0v) is 11.6. The van der Waals surface area contributed by atoms with E-state index < -0.39 is 0 Å². The monoisotopic (exact) mass is 216 g/mol. The molecule has 1 heteroatoms. The molecule has 0 aliphatic heterocycles. The van der Waals surface area contributed by atoms with Crippen LogP contribution in [-0.2, 0) is 0 Å². The second-order valence-corrected chi connectivity index (χ2v) is 3.97. The van der Waals surface area contributed by atoms with Crippen molar-refractivity contribution in [1.82, 2.24) is 0 Å². The molecule has 0 bridgehead atoms. The van der Waals surface area contributed by atoms with Gasteiger partial charge in [0, 0.05) is 6.61 Å². The Morgan fingerprint density at radius 1 is 0.933 bits per heavy atom. The maximum Gasteiger partial charge on any atom is 0.0487 e. The number of rotatable bonds is 6. The highest BCUT2D eigenvalue weighted by molar-refractivity contribution is 4.91. The molecular weight excluding hydrogens is 184 g/mol. The first-order chi connectivity index (χ1) is 7.33. The summed E-state index contributed by atoms with van der Waals surface area (Å²) in [5.74, 6) is 0. The van der Waals surface area contributed by atoms with Crippen molar-refractivity contribution in [3.05, 3.63) is 0 Å². The zero-order valence-electron chi connectivity index (χ0n) is 11.6. The molecule has 15 heavy (non-hydrogen) atoms. The molecule has 0 unspecified atom stereocenters. The maximum absolute atomic E-state index is 9.01. The number of hydrogen-bond donors (Lipinski definition) is 1. The van der Waals surface area contributed by atoms with E-state index in [0.717, 1.165) is 0 Å². The minimum Gasteiger partial charge on any atom is -0.396 e. The summed E-state index contributed by atoms with van der Waals surface area (Å²) in [6.07, 6.45) is 9.18. The standard InChI is InChI=1S/C10H20O.2C2H6/c1-2-3-4-5-6-10(9-11)7-8-10;2*1-2/h11H,2-9H2,1H3;2*1-2H3. The third-order valence-electron chi connectivity index (χ3n) is 2.85. The molecule has 0 heterocycles. The molecule has 0 aromatic heterocycles. The highest BCUT2D eigenvalue weighted by Gasteiger charge is 2.40. The Labute approximate surface area is 97.3 Å². The summed E-state index contributed by atoms with van der Waals surface area (Å²) in [4.78, 5) is 0. The molecule has 1 aliphatic carbocycles. The van der Waals surface area contributed by atoms with Crippen LogP contribution in [0.3, 0.4) is 0 Å². The van der Waals surface area contributed by atoms with Gasteiger partial charge in [0.05, 0.1) is 0 Å². The van der Waals surface area contributed by atoms with Crippen molar-refractivity contribution in [2.45, 2.75) is 79.6 Å². The van der Waals surface area contributed by atoms with Crippen molar-refractivity contribution >= 4 is 0 Å². The average Bonchev–Trinajstić information content (AvgIpc) is 3.11. The van der Waals surface area contributed by atoms with E-state index in [2.05, 4.69) is 6.92 Å². The van der Waals surface area contributed by atoms with Crippen LogP contribution in [0.1, 0.15) is 79.6 Å². The number of aliphatic hydroxyl groups is 1. The first-order valence-electron chi connectivity index (χ1n) is 6.94. The van der Waals surface area contributed by atoms with Crippen LogP contribution in [0.5, 0.6) is 0 Å². The highest BCUT2D eigenvalue weighted by Crippen LogP contribution is 2.49. The van der Waals surface area contributed by atoms with E-state index in [1.54, 1.807) is 0 Å². The van der Waals surface area contributed by atoms with E-state index in [1.807, 2.05) is 27.7 Å². The fourth-order valence-electron chi connectivity index (χ4n) is 1.59. The molecule has 0 radical (unpaired) electrons. The SMILES string of the molecule is CC.CC.CCCCCCC1(CO)CC1. The van der Waals surface area contributed by atoms with E-state index in [9.17, 15) is 0 Å². The highest BCUT2D eigenvalue weighted by atomic mass is 16.3. The first kappa shape index (κ1) is 17.4. The van der Waals surface area contributed by atoms with Gasteiger partial charge in [0.25, 0.3) is 0 Å². The van der Waals surface area contributed by atoms with Crippen molar-refractivity contribution in [1.29, 1.82) is 0 Å². The smallest absolute Gasteiger partial charge is 0.0487 e. The number of hydrogen-bond acceptors (Lipinski definition) is 1. The minimum absolute atomic E-state index is 0.397. The zero-order chi connectivity index (χ0) is 12.2.